The van der Waals surface area contributed by atoms with Crippen molar-refractivity contribution in [2.45, 2.75) is 19.0 Å². The molecule has 2 N–H and O–H groups in total. The number of nitrogens with two attached hydrogens (primary N) is 1. The molecule has 122 valence electrons. The van der Waals surface area contributed by atoms with Gasteiger partial charge in [-0.2, -0.15) is 8.78 Å². The first-order valence-corrected chi connectivity index (χ1v) is 6.89. The predicted molar refractivity (Wildman–Crippen MR) is 75.2 cm³/mol. The summed E-state index contributed by atoms with van der Waals surface area (Å²) in [6.07, 6.45) is -1.99. The number of amides is 3. The van der Waals surface area contributed by atoms with Gasteiger partial charge in [0.2, 0.25) is 0 Å². The number of anilines is 2. The number of carbonyl (C=O) groups is 3. The highest BCUT2D eigenvalue weighted by Gasteiger charge is 2.52. The van der Waals surface area contributed by atoms with Crippen LogP contribution < -0.4 is 15.5 Å². The number of benzene rings is 1. The van der Waals surface area contributed by atoms with Crippen LogP contribution in [0.5, 0.6) is 0 Å². The van der Waals surface area contributed by atoms with Gasteiger partial charge in [0.1, 0.15) is 0 Å². The third kappa shape index (κ3) is 2.11. The van der Waals surface area contributed by atoms with Gasteiger partial charge >= 0.3 is 17.9 Å². The second-order valence-corrected chi connectivity index (χ2v) is 5.21. The number of fused-ring (bicyclic) bond motifs is 1. The van der Waals surface area contributed by atoms with Gasteiger partial charge in [-0.1, -0.05) is 0 Å². The fourth-order valence-electron chi connectivity index (χ4n) is 2.71. The van der Waals surface area contributed by atoms with Crippen molar-refractivity contribution >= 4 is 29.3 Å². The van der Waals surface area contributed by atoms with Gasteiger partial charge in [0.15, 0.2) is 6.10 Å². The van der Waals surface area contributed by atoms with E-state index in [1.165, 1.54) is 12.1 Å². The number of cyclic esters (lactones) is 1. The SMILES string of the molecule is CCN1C(=O)C(F)(F)c2cc(N3CC(C(N)=O)OC3=O)ccc21. The van der Waals surface area contributed by atoms with Crippen LogP contribution in [-0.4, -0.2) is 37.1 Å². The Balaban J connectivity index is 2.00. The monoisotopic (exact) mass is 325 g/mol. The maximum absolute atomic E-state index is 14.1. The summed E-state index contributed by atoms with van der Waals surface area (Å²) >= 11 is 0. The average Bonchev–Trinajstić information content (AvgIpc) is 2.97. The number of hydrogen-bond donors (Lipinski definition) is 1. The summed E-state index contributed by atoms with van der Waals surface area (Å²) in [5, 5.41) is 0. The van der Waals surface area contributed by atoms with Crippen molar-refractivity contribution < 1.29 is 27.9 Å². The van der Waals surface area contributed by atoms with Crippen molar-refractivity contribution in [3.63, 3.8) is 0 Å². The molecule has 0 saturated carbocycles. The van der Waals surface area contributed by atoms with Crippen molar-refractivity contribution in [3.8, 4) is 0 Å². The van der Waals surface area contributed by atoms with Gasteiger partial charge < -0.3 is 15.4 Å². The molecule has 1 aromatic carbocycles. The van der Waals surface area contributed by atoms with E-state index >= 15 is 0 Å². The second kappa shape index (κ2) is 4.90. The van der Waals surface area contributed by atoms with Crippen LogP contribution in [0.1, 0.15) is 12.5 Å². The third-order valence-corrected chi connectivity index (χ3v) is 3.88. The lowest BCUT2D eigenvalue weighted by Crippen LogP contribution is -2.34. The Morgan fingerprint density at radius 2 is 2.13 bits per heavy atom. The van der Waals surface area contributed by atoms with Crippen molar-refractivity contribution in [2.24, 2.45) is 5.73 Å². The summed E-state index contributed by atoms with van der Waals surface area (Å²) in [6, 6.07) is 3.83. The molecule has 1 atom stereocenters. The highest BCUT2D eigenvalue weighted by Crippen LogP contribution is 2.45. The highest BCUT2D eigenvalue weighted by atomic mass is 19.3. The Morgan fingerprint density at radius 1 is 1.43 bits per heavy atom. The van der Waals surface area contributed by atoms with Crippen molar-refractivity contribution in [3.05, 3.63) is 23.8 Å². The number of alkyl halides is 2. The van der Waals surface area contributed by atoms with E-state index in [9.17, 15) is 23.2 Å². The van der Waals surface area contributed by atoms with Crippen LogP contribution in [0.3, 0.4) is 0 Å². The van der Waals surface area contributed by atoms with Gasteiger partial charge in [0.05, 0.1) is 17.8 Å². The van der Waals surface area contributed by atoms with Crippen molar-refractivity contribution in [1.82, 2.24) is 0 Å². The Morgan fingerprint density at radius 3 is 2.70 bits per heavy atom. The standard InChI is InChI=1S/C14H13F2N3O4/c1-2-18-9-4-3-7(5-8(9)14(15,16)12(18)21)19-6-10(11(17)20)23-13(19)22/h3-5,10H,2,6H2,1H3,(H2,17,20). The van der Waals surface area contributed by atoms with Gasteiger partial charge in [-0.25, -0.2) is 4.79 Å². The van der Waals surface area contributed by atoms with Crippen molar-refractivity contribution in [1.29, 1.82) is 0 Å². The molecule has 3 amide bonds. The first kappa shape index (κ1) is 15.2. The molecule has 0 radical (unpaired) electrons. The molecule has 0 bridgehead atoms. The number of rotatable bonds is 3. The lowest BCUT2D eigenvalue weighted by Gasteiger charge is -2.16. The first-order valence-electron chi connectivity index (χ1n) is 6.89. The molecule has 2 aliphatic rings. The molecule has 2 heterocycles. The van der Waals surface area contributed by atoms with Gasteiger partial charge in [-0.05, 0) is 25.1 Å². The summed E-state index contributed by atoms with van der Waals surface area (Å²) in [4.78, 5) is 36.6. The second-order valence-electron chi connectivity index (χ2n) is 5.21. The van der Waals surface area contributed by atoms with E-state index < -0.39 is 35.5 Å². The molecule has 7 nitrogen and oxygen atoms in total. The number of ether oxygens (including phenoxy) is 1. The van der Waals surface area contributed by atoms with Gasteiger partial charge in [-0.3, -0.25) is 14.5 Å². The third-order valence-electron chi connectivity index (χ3n) is 3.88. The van der Waals surface area contributed by atoms with E-state index in [0.717, 1.165) is 15.9 Å². The summed E-state index contributed by atoms with van der Waals surface area (Å²) in [6.45, 7) is 1.53. The number of carbonyl (C=O) groups excluding carboxylic acids is 3. The molecule has 0 aromatic heterocycles. The minimum Gasteiger partial charge on any atom is -0.434 e. The van der Waals surface area contributed by atoms with Crippen LogP contribution in [0.4, 0.5) is 25.0 Å². The number of primary amides is 1. The number of halogens is 2. The van der Waals surface area contributed by atoms with Gasteiger partial charge in [0.25, 0.3) is 5.91 Å². The summed E-state index contributed by atoms with van der Waals surface area (Å²) < 4.78 is 33.0. The van der Waals surface area contributed by atoms with Crippen LogP contribution in [0.25, 0.3) is 0 Å². The lowest BCUT2D eigenvalue weighted by atomic mass is 10.1. The molecule has 1 fully saturated rings. The Kier molecular flexibility index (Phi) is 3.24. The van der Waals surface area contributed by atoms with Crippen LogP contribution in [0.15, 0.2) is 18.2 Å². The molecule has 1 aromatic rings. The molecular formula is C14H13F2N3O4. The molecule has 1 saturated heterocycles. The number of nitrogens with zero attached hydrogens (tertiary/aromatic N) is 2. The largest absolute Gasteiger partial charge is 0.434 e. The minimum atomic E-state index is -3.66. The molecular weight excluding hydrogens is 312 g/mol. The zero-order valence-corrected chi connectivity index (χ0v) is 12.1. The predicted octanol–water partition coefficient (Wildman–Crippen LogP) is 0.955. The first-order chi connectivity index (χ1) is 10.8. The number of hydrogen-bond acceptors (Lipinski definition) is 4. The maximum Gasteiger partial charge on any atom is 0.415 e. The summed E-state index contributed by atoms with van der Waals surface area (Å²) in [7, 11) is 0. The molecule has 1 unspecified atom stereocenters. The molecule has 0 spiro atoms. The van der Waals surface area contributed by atoms with Crippen LogP contribution in [0.2, 0.25) is 0 Å². The molecule has 23 heavy (non-hydrogen) atoms. The average molecular weight is 325 g/mol. The zero-order valence-electron chi connectivity index (χ0n) is 12.1. The lowest BCUT2D eigenvalue weighted by molar-refractivity contribution is -0.141. The fraction of sp³-hybridized carbons (Fsp3) is 0.357. The van der Waals surface area contributed by atoms with E-state index in [1.807, 2.05) is 0 Å². The minimum absolute atomic E-state index is 0.102. The number of likely N-dealkylation sites (N-methyl/N-ethyl adjacent to an activating group) is 1. The van der Waals surface area contributed by atoms with Crippen LogP contribution >= 0.6 is 0 Å². The van der Waals surface area contributed by atoms with Crippen molar-refractivity contribution in [2.75, 3.05) is 22.9 Å². The fourth-order valence-corrected chi connectivity index (χ4v) is 2.71. The Hall–Kier alpha value is -2.71. The quantitative estimate of drug-likeness (QED) is 0.895. The zero-order chi connectivity index (χ0) is 16.9. The van der Waals surface area contributed by atoms with E-state index in [2.05, 4.69) is 0 Å². The van der Waals surface area contributed by atoms with E-state index in [1.54, 1.807) is 6.92 Å². The smallest absolute Gasteiger partial charge is 0.415 e. The van der Waals surface area contributed by atoms with E-state index in [4.69, 9.17) is 10.5 Å². The molecule has 0 aliphatic carbocycles. The van der Waals surface area contributed by atoms with Crippen LogP contribution in [-0.2, 0) is 20.2 Å². The molecule has 9 heteroatoms. The van der Waals surface area contributed by atoms with E-state index in [0.29, 0.717) is 0 Å². The maximum atomic E-state index is 14.1. The Labute approximate surface area is 129 Å². The van der Waals surface area contributed by atoms with Gasteiger partial charge in [-0.15, -0.1) is 0 Å². The Bertz CT molecular complexity index is 722. The summed E-state index contributed by atoms with van der Waals surface area (Å²) in [5.74, 6) is -5.78. The van der Waals surface area contributed by atoms with E-state index in [-0.39, 0.29) is 24.5 Å². The van der Waals surface area contributed by atoms with Gasteiger partial charge in [0, 0.05) is 12.2 Å². The van der Waals surface area contributed by atoms with Crippen LogP contribution in [0, 0.1) is 0 Å². The topological polar surface area (TPSA) is 92.9 Å². The summed E-state index contributed by atoms with van der Waals surface area (Å²) in [5.41, 5.74) is 4.81. The molecule has 3 rings (SSSR count). The highest BCUT2D eigenvalue weighted by molar-refractivity contribution is 6.06. The molecule has 2 aliphatic heterocycles. The normalized spacial score (nSPS) is 22.3.